The van der Waals surface area contributed by atoms with Gasteiger partial charge in [-0.25, -0.2) is 0 Å². The van der Waals surface area contributed by atoms with Gasteiger partial charge >= 0.3 is 6.18 Å². The first kappa shape index (κ1) is 11.0. The molecule has 1 rings (SSSR count). The zero-order chi connectivity index (χ0) is 10.6. The highest BCUT2D eigenvalue weighted by Crippen LogP contribution is 2.36. The van der Waals surface area contributed by atoms with Crippen molar-refractivity contribution in [3.8, 4) is 0 Å². The second-order valence-electron chi connectivity index (χ2n) is 3.02. The number of benzene rings is 1. The number of alkyl halides is 3. The van der Waals surface area contributed by atoms with E-state index in [0.29, 0.717) is 0 Å². The highest BCUT2D eigenvalue weighted by molar-refractivity contribution is 5.20. The van der Waals surface area contributed by atoms with Crippen LogP contribution in [0.3, 0.4) is 0 Å². The summed E-state index contributed by atoms with van der Waals surface area (Å²) < 4.78 is 37.4. The van der Waals surface area contributed by atoms with Crippen LogP contribution >= 0.6 is 0 Å². The highest BCUT2D eigenvalue weighted by atomic mass is 19.4. The summed E-state index contributed by atoms with van der Waals surface area (Å²) in [5, 5.41) is 8.56. The number of aliphatic hydroxyl groups is 1. The molecule has 0 radical (unpaired) electrons. The molecule has 0 saturated carbocycles. The minimum atomic E-state index is -4.29. The first-order valence-corrected chi connectivity index (χ1v) is 4.28. The zero-order valence-corrected chi connectivity index (χ0v) is 7.46. The fourth-order valence-electron chi connectivity index (χ4n) is 1.33. The van der Waals surface area contributed by atoms with Crippen LogP contribution in [0.1, 0.15) is 17.9 Å². The summed E-state index contributed by atoms with van der Waals surface area (Å²) in [5.41, 5.74) is 0.203. The van der Waals surface area contributed by atoms with Crippen molar-refractivity contribution in [1.82, 2.24) is 0 Å². The topological polar surface area (TPSA) is 20.2 Å². The molecule has 4 heteroatoms. The lowest BCUT2D eigenvalue weighted by molar-refractivity contribution is -0.153. The van der Waals surface area contributed by atoms with Crippen molar-refractivity contribution >= 4 is 0 Å². The molecule has 1 aromatic carbocycles. The number of aliphatic hydroxyl groups excluding tert-OH is 1. The molecule has 14 heavy (non-hydrogen) atoms. The van der Waals surface area contributed by atoms with Crippen molar-refractivity contribution < 1.29 is 18.3 Å². The zero-order valence-electron chi connectivity index (χ0n) is 7.46. The molecule has 0 amide bonds. The van der Waals surface area contributed by atoms with Crippen LogP contribution in [-0.2, 0) is 0 Å². The molecule has 1 nitrogen and oxygen atoms in total. The monoisotopic (exact) mass is 204 g/mol. The van der Waals surface area contributed by atoms with E-state index < -0.39 is 18.7 Å². The Hall–Kier alpha value is -1.03. The number of hydrogen-bond acceptors (Lipinski definition) is 1. The molecule has 0 unspecified atom stereocenters. The summed E-state index contributed by atoms with van der Waals surface area (Å²) >= 11 is 0. The lowest BCUT2D eigenvalue weighted by Gasteiger charge is -2.19. The van der Waals surface area contributed by atoms with Gasteiger partial charge in [0.2, 0.25) is 0 Å². The molecule has 1 N–H and O–H groups in total. The lowest BCUT2D eigenvalue weighted by atomic mass is 9.96. The van der Waals surface area contributed by atoms with Gasteiger partial charge in [0, 0.05) is 6.61 Å². The predicted octanol–water partition coefficient (Wildman–Crippen LogP) is 2.71. The van der Waals surface area contributed by atoms with Crippen molar-refractivity contribution in [1.29, 1.82) is 0 Å². The van der Waals surface area contributed by atoms with E-state index in [0.717, 1.165) is 0 Å². The maximum Gasteiger partial charge on any atom is 0.395 e. The van der Waals surface area contributed by atoms with Gasteiger partial charge in [-0.05, 0) is 12.0 Å². The molecule has 1 atom stereocenters. The summed E-state index contributed by atoms with van der Waals surface area (Å²) in [6.07, 6.45) is -4.57. The lowest BCUT2D eigenvalue weighted by Crippen LogP contribution is -2.21. The Morgan fingerprint density at radius 3 is 2.14 bits per heavy atom. The van der Waals surface area contributed by atoms with Gasteiger partial charge in [-0.3, -0.25) is 0 Å². The maximum atomic E-state index is 12.5. The molecular formula is C10H11F3O. The van der Waals surface area contributed by atoms with Crippen LogP contribution in [0.15, 0.2) is 30.3 Å². The molecule has 78 valence electrons. The fourth-order valence-corrected chi connectivity index (χ4v) is 1.33. The maximum absolute atomic E-state index is 12.5. The van der Waals surface area contributed by atoms with Gasteiger partial charge in [0.15, 0.2) is 0 Å². The summed E-state index contributed by atoms with van der Waals surface area (Å²) in [4.78, 5) is 0. The predicted molar refractivity (Wildman–Crippen MR) is 46.9 cm³/mol. The number of halogens is 3. The summed E-state index contributed by atoms with van der Waals surface area (Å²) in [6.45, 7) is -0.459. The minimum Gasteiger partial charge on any atom is -0.396 e. The molecule has 0 aromatic heterocycles. The Bertz CT molecular complexity index is 268. The molecule has 0 aliphatic heterocycles. The van der Waals surface area contributed by atoms with Gasteiger partial charge in [0.05, 0.1) is 5.92 Å². The molecule has 1 aromatic rings. The van der Waals surface area contributed by atoms with Gasteiger partial charge in [0.25, 0.3) is 0 Å². The van der Waals surface area contributed by atoms with Crippen LogP contribution in [0.2, 0.25) is 0 Å². The first-order valence-electron chi connectivity index (χ1n) is 4.28. The summed E-state index contributed by atoms with van der Waals surface area (Å²) in [7, 11) is 0. The van der Waals surface area contributed by atoms with E-state index in [1.807, 2.05) is 0 Å². The number of rotatable bonds is 3. The molecule has 0 fully saturated rings. The molecule has 0 aliphatic carbocycles. The molecular weight excluding hydrogens is 193 g/mol. The minimum absolute atomic E-state index is 0.203. The van der Waals surface area contributed by atoms with Gasteiger partial charge in [-0.15, -0.1) is 0 Å². The second kappa shape index (κ2) is 4.46. The van der Waals surface area contributed by atoms with Crippen LogP contribution in [0.5, 0.6) is 0 Å². The Morgan fingerprint density at radius 2 is 1.71 bits per heavy atom. The van der Waals surface area contributed by atoms with Crippen molar-refractivity contribution in [3.05, 3.63) is 35.9 Å². The van der Waals surface area contributed by atoms with Crippen molar-refractivity contribution in [2.45, 2.75) is 18.5 Å². The molecule has 0 bridgehead atoms. The third-order valence-electron chi connectivity index (χ3n) is 2.01. The van der Waals surface area contributed by atoms with Gasteiger partial charge < -0.3 is 5.11 Å². The van der Waals surface area contributed by atoms with E-state index in [9.17, 15) is 13.2 Å². The van der Waals surface area contributed by atoms with Gasteiger partial charge in [0.1, 0.15) is 0 Å². The first-order chi connectivity index (χ1) is 6.55. The Labute approximate surface area is 80.2 Å². The van der Waals surface area contributed by atoms with Crippen LogP contribution in [-0.4, -0.2) is 17.9 Å². The van der Waals surface area contributed by atoms with Crippen LogP contribution < -0.4 is 0 Å². The average Bonchev–Trinajstić information content (AvgIpc) is 2.14. The Morgan fingerprint density at radius 1 is 1.14 bits per heavy atom. The van der Waals surface area contributed by atoms with E-state index in [2.05, 4.69) is 0 Å². The largest absolute Gasteiger partial charge is 0.396 e. The van der Waals surface area contributed by atoms with E-state index in [1.165, 1.54) is 12.1 Å². The fraction of sp³-hybridized carbons (Fsp3) is 0.400. The normalized spacial score (nSPS) is 14.0. The van der Waals surface area contributed by atoms with E-state index in [-0.39, 0.29) is 12.0 Å². The average molecular weight is 204 g/mol. The molecule has 0 heterocycles. The third-order valence-corrected chi connectivity index (χ3v) is 2.01. The highest BCUT2D eigenvalue weighted by Gasteiger charge is 2.39. The van der Waals surface area contributed by atoms with Crippen molar-refractivity contribution in [2.75, 3.05) is 6.61 Å². The Kier molecular flexibility index (Phi) is 3.52. The van der Waals surface area contributed by atoms with Crippen LogP contribution in [0, 0.1) is 0 Å². The summed E-state index contributed by atoms with van der Waals surface area (Å²) in [5.74, 6) is -1.56. The van der Waals surface area contributed by atoms with E-state index in [4.69, 9.17) is 5.11 Å². The van der Waals surface area contributed by atoms with E-state index >= 15 is 0 Å². The standard InChI is InChI=1S/C10H11F3O/c11-10(12,13)9(6-7-14)8-4-2-1-3-5-8/h1-5,9,14H,6-7H2/t9-/m0/s1. The summed E-state index contributed by atoms with van der Waals surface area (Å²) in [6, 6.07) is 7.63. The Balaban J connectivity index is 2.89. The molecule has 0 saturated heterocycles. The molecule has 0 spiro atoms. The SMILES string of the molecule is OCC[C@@H](c1ccccc1)C(F)(F)F. The van der Waals surface area contributed by atoms with Gasteiger partial charge in [-0.1, -0.05) is 30.3 Å². The van der Waals surface area contributed by atoms with Crippen LogP contribution in [0.25, 0.3) is 0 Å². The van der Waals surface area contributed by atoms with Gasteiger partial charge in [-0.2, -0.15) is 13.2 Å². The third kappa shape index (κ3) is 2.73. The van der Waals surface area contributed by atoms with E-state index in [1.54, 1.807) is 18.2 Å². The second-order valence-corrected chi connectivity index (χ2v) is 3.02. The van der Waals surface area contributed by atoms with Crippen molar-refractivity contribution in [2.24, 2.45) is 0 Å². The smallest absolute Gasteiger partial charge is 0.395 e. The van der Waals surface area contributed by atoms with Crippen LogP contribution in [0.4, 0.5) is 13.2 Å². The molecule has 0 aliphatic rings. The number of hydrogen-bond donors (Lipinski definition) is 1. The van der Waals surface area contributed by atoms with Crippen molar-refractivity contribution in [3.63, 3.8) is 0 Å². The quantitative estimate of drug-likeness (QED) is 0.802.